The monoisotopic (exact) mass is 384 g/mol. The Morgan fingerprint density at radius 2 is 1.40 bits per heavy atom. The number of hydrogen-bond acceptors (Lipinski definition) is 6. The molecule has 2 atom stereocenters. The fourth-order valence-corrected chi connectivity index (χ4v) is 7.51. The Morgan fingerprint density at radius 1 is 0.840 bits per heavy atom. The lowest BCUT2D eigenvalue weighted by atomic mass is 10.1. The van der Waals surface area contributed by atoms with Crippen LogP contribution in [0.3, 0.4) is 0 Å². The molecule has 3 aliphatic heterocycles. The summed E-state index contributed by atoms with van der Waals surface area (Å²) in [6.45, 7) is 0.0910. The van der Waals surface area contributed by atoms with Crippen molar-refractivity contribution in [1.29, 1.82) is 0 Å². The third-order valence-electron chi connectivity index (χ3n) is 5.25. The van der Waals surface area contributed by atoms with E-state index in [2.05, 4.69) is 0 Å². The van der Waals surface area contributed by atoms with E-state index in [0.717, 1.165) is 5.69 Å². The lowest BCUT2D eigenvalue weighted by Crippen LogP contribution is -2.53. The van der Waals surface area contributed by atoms with E-state index in [1.54, 1.807) is 4.90 Å². The summed E-state index contributed by atoms with van der Waals surface area (Å²) in [4.78, 5) is 16.3. The Balaban J connectivity index is 1.70. The van der Waals surface area contributed by atoms with Gasteiger partial charge in [-0.05, 0) is 25.0 Å². The first-order valence-electron chi connectivity index (χ1n) is 8.34. The van der Waals surface area contributed by atoms with Crippen molar-refractivity contribution < 1.29 is 21.6 Å². The van der Waals surface area contributed by atoms with Crippen LogP contribution < -0.4 is 9.80 Å². The second-order valence-electron chi connectivity index (χ2n) is 6.99. The molecule has 3 aliphatic rings. The molecule has 0 aromatic heterocycles. The molecule has 1 amide bonds. The Bertz CT molecular complexity index is 926. The number of sulfone groups is 2. The summed E-state index contributed by atoms with van der Waals surface area (Å²) in [5.74, 6) is 0.144. The molecular weight excluding hydrogens is 364 g/mol. The van der Waals surface area contributed by atoms with Crippen LogP contribution in [0.5, 0.6) is 0 Å². The van der Waals surface area contributed by atoms with Gasteiger partial charge in [-0.2, -0.15) is 0 Å². The summed E-state index contributed by atoms with van der Waals surface area (Å²) >= 11 is 0. The fourth-order valence-electron chi connectivity index (χ4n) is 4.08. The number of fused-ring (bicyclic) bond motifs is 1. The lowest BCUT2D eigenvalue weighted by Gasteiger charge is -2.42. The van der Waals surface area contributed by atoms with Crippen LogP contribution in [-0.2, 0) is 24.5 Å². The average molecular weight is 384 g/mol. The Kier molecular flexibility index (Phi) is 3.84. The summed E-state index contributed by atoms with van der Waals surface area (Å²) in [6.07, 6.45) is 0.960. The number of rotatable bonds is 2. The van der Waals surface area contributed by atoms with Gasteiger partial charge < -0.3 is 9.80 Å². The summed E-state index contributed by atoms with van der Waals surface area (Å²) in [5.41, 5.74) is 1.50. The van der Waals surface area contributed by atoms with Crippen LogP contribution in [0.4, 0.5) is 11.4 Å². The van der Waals surface area contributed by atoms with Crippen molar-refractivity contribution in [3.63, 3.8) is 0 Å². The van der Waals surface area contributed by atoms with Gasteiger partial charge in [-0.3, -0.25) is 4.79 Å². The molecular formula is C16H20N2O5S2. The lowest BCUT2D eigenvalue weighted by molar-refractivity contribution is -0.118. The number of anilines is 2. The van der Waals surface area contributed by atoms with Gasteiger partial charge in [0.05, 0.1) is 47.0 Å². The van der Waals surface area contributed by atoms with Crippen molar-refractivity contribution in [2.45, 2.75) is 24.9 Å². The van der Waals surface area contributed by atoms with Gasteiger partial charge in [0.1, 0.15) is 0 Å². The van der Waals surface area contributed by atoms with Gasteiger partial charge in [-0.1, -0.05) is 12.1 Å². The molecule has 4 rings (SSSR count). The number of nitrogens with zero attached hydrogens (tertiary/aromatic N) is 2. The third kappa shape index (κ3) is 3.03. The Labute approximate surface area is 147 Å². The topological polar surface area (TPSA) is 91.8 Å². The van der Waals surface area contributed by atoms with Crippen molar-refractivity contribution in [1.82, 2.24) is 0 Å². The first-order valence-corrected chi connectivity index (χ1v) is 12.0. The predicted octanol–water partition coefficient (Wildman–Crippen LogP) is 0.214. The van der Waals surface area contributed by atoms with E-state index in [0.29, 0.717) is 18.5 Å². The van der Waals surface area contributed by atoms with Crippen molar-refractivity contribution in [3.05, 3.63) is 24.3 Å². The van der Waals surface area contributed by atoms with Crippen LogP contribution in [0.25, 0.3) is 0 Å². The van der Waals surface area contributed by atoms with E-state index in [9.17, 15) is 21.6 Å². The molecule has 0 unspecified atom stereocenters. The molecule has 0 aliphatic carbocycles. The maximum absolute atomic E-state index is 12.8. The zero-order chi connectivity index (χ0) is 17.8. The smallest absolute Gasteiger partial charge is 0.246 e. The van der Waals surface area contributed by atoms with Crippen LogP contribution in [0.2, 0.25) is 0 Å². The summed E-state index contributed by atoms with van der Waals surface area (Å²) in [7, 11) is -6.16. The maximum atomic E-state index is 12.8. The van der Waals surface area contributed by atoms with Gasteiger partial charge in [0.25, 0.3) is 0 Å². The summed E-state index contributed by atoms with van der Waals surface area (Å²) in [6, 6.07) is 6.82. The van der Waals surface area contributed by atoms with Gasteiger partial charge in [-0.15, -0.1) is 0 Å². The third-order valence-corrected chi connectivity index (χ3v) is 8.75. The molecule has 0 saturated carbocycles. The average Bonchev–Trinajstić information content (AvgIpc) is 3.08. The summed E-state index contributed by atoms with van der Waals surface area (Å²) < 4.78 is 47.3. The fraction of sp³-hybridized carbons (Fsp3) is 0.562. The standard InChI is InChI=1S/C16H20N2O5S2/c19-16-9-17(12-5-7-24(20,21)10-12)14-3-1-2-4-15(14)18(16)13-6-8-25(22,23)11-13/h1-4,12-13H,5-11H2/t12-,13-/m0/s1. The van der Waals surface area contributed by atoms with E-state index < -0.39 is 19.7 Å². The van der Waals surface area contributed by atoms with E-state index in [1.165, 1.54) is 0 Å². The molecule has 7 nitrogen and oxygen atoms in total. The minimum Gasteiger partial charge on any atom is -0.356 e. The first kappa shape index (κ1) is 16.8. The number of hydrogen-bond donors (Lipinski definition) is 0. The number of amides is 1. The number of carbonyl (C=O) groups excluding carboxylic acids is 1. The van der Waals surface area contributed by atoms with E-state index in [1.807, 2.05) is 29.2 Å². The zero-order valence-electron chi connectivity index (χ0n) is 13.7. The number of para-hydroxylation sites is 2. The van der Waals surface area contributed by atoms with Gasteiger partial charge >= 0.3 is 0 Å². The van der Waals surface area contributed by atoms with E-state index in [4.69, 9.17) is 0 Å². The number of benzene rings is 1. The molecule has 1 aromatic carbocycles. The Morgan fingerprint density at radius 3 is 1.96 bits per heavy atom. The minimum absolute atomic E-state index is 0.00905. The molecule has 1 aromatic rings. The molecule has 0 radical (unpaired) electrons. The molecule has 2 fully saturated rings. The SMILES string of the molecule is O=C1CN([C@H]2CCS(=O)(=O)C2)c2ccccc2N1[C@H]1CCS(=O)(=O)C1. The second-order valence-corrected chi connectivity index (χ2v) is 11.5. The number of carbonyl (C=O) groups is 1. The molecule has 136 valence electrons. The van der Waals surface area contributed by atoms with Crippen LogP contribution >= 0.6 is 0 Å². The minimum atomic E-state index is -3.10. The van der Waals surface area contributed by atoms with Crippen molar-refractivity contribution >= 4 is 37.0 Å². The van der Waals surface area contributed by atoms with Crippen LogP contribution in [-0.4, -0.2) is 64.4 Å². The highest BCUT2D eigenvalue weighted by molar-refractivity contribution is 7.92. The molecule has 3 heterocycles. The normalized spacial score (nSPS) is 30.5. The quantitative estimate of drug-likeness (QED) is 0.724. The molecule has 0 spiro atoms. The first-order chi connectivity index (χ1) is 11.8. The molecule has 9 heteroatoms. The van der Waals surface area contributed by atoms with Crippen LogP contribution in [0.1, 0.15) is 12.8 Å². The summed E-state index contributed by atoms with van der Waals surface area (Å²) in [5, 5.41) is 0. The largest absolute Gasteiger partial charge is 0.356 e. The molecule has 2 saturated heterocycles. The second kappa shape index (κ2) is 5.70. The molecule has 25 heavy (non-hydrogen) atoms. The molecule has 0 N–H and O–H groups in total. The highest BCUT2D eigenvalue weighted by Gasteiger charge is 2.42. The van der Waals surface area contributed by atoms with Crippen LogP contribution in [0.15, 0.2) is 24.3 Å². The predicted molar refractivity (Wildman–Crippen MR) is 95.4 cm³/mol. The van der Waals surface area contributed by atoms with E-state index in [-0.39, 0.29) is 47.5 Å². The van der Waals surface area contributed by atoms with E-state index >= 15 is 0 Å². The highest BCUT2D eigenvalue weighted by atomic mass is 32.2. The van der Waals surface area contributed by atoms with Gasteiger partial charge in [0.15, 0.2) is 19.7 Å². The highest BCUT2D eigenvalue weighted by Crippen LogP contribution is 2.39. The van der Waals surface area contributed by atoms with Crippen LogP contribution in [0, 0.1) is 0 Å². The molecule has 0 bridgehead atoms. The maximum Gasteiger partial charge on any atom is 0.246 e. The van der Waals surface area contributed by atoms with Crippen molar-refractivity contribution in [2.75, 3.05) is 39.4 Å². The van der Waals surface area contributed by atoms with Crippen molar-refractivity contribution in [3.8, 4) is 0 Å². The van der Waals surface area contributed by atoms with Gasteiger partial charge in [-0.25, -0.2) is 16.8 Å². The van der Waals surface area contributed by atoms with Crippen molar-refractivity contribution in [2.24, 2.45) is 0 Å². The zero-order valence-corrected chi connectivity index (χ0v) is 15.3. The van der Waals surface area contributed by atoms with Gasteiger partial charge in [0, 0.05) is 6.04 Å². The van der Waals surface area contributed by atoms with Gasteiger partial charge in [0.2, 0.25) is 5.91 Å². The Hall–Kier alpha value is -1.61.